The Balaban J connectivity index is 2.12. The Hall–Kier alpha value is -1.07. The second-order valence-corrected chi connectivity index (χ2v) is 4.21. The van der Waals surface area contributed by atoms with Gasteiger partial charge in [0.15, 0.2) is 0 Å². The molecule has 1 heterocycles. The number of hydrogen-bond donors (Lipinski definition) is 2. The van der Waals surface area contributed by atoms with E-state index in [4.69, 9.17) is 0 Å². The van der Waals surface area contributed by atoms with E-state index in [9.17, 15) is 13.2 Å². The van der Waals surface area contributed by atoms with Gasteiger partial charge in [0.05, 0.1) is 6.54 Å². The average Bonchev–Trinajstić information content (AvgIpc) is 2.47. The van der Waals surface area contributed by atoms with Crippen molar-refractivity contribution in [1.29, 1.82) is 0 Å². The van der Waals surface area contributed by atoms with Gasteiger partial charge in [-0.05, 0) is 24.1 Å². The number of halogens is 3. The summed E-state index contributed by atoms with van der Waals surface area (Å²) in [5.74, 6) is 0. The fraction of sp³-hybridized carbons (Fsp3) is 0.500. The summed E-state index contributed by atoms with van der Waals surface area (Å²) in [5, 5.41) is 5.80. The molecule has 5 heteroatoms. The Bertz CT molecular complexity index is 376. The first-order valence-electron chi connectivity index (χ1n) is 5.65. The molecule has 17 heavy (non-hydrogen) atoms. The molecule has 2 rings (SSSR count). The van der Waals surface area contributed by atoms with Crippen LogP contribution in [0.1, 0.15) is 23.6 Å². The van der Waals surface area contributed by atoms with Gasteiger partial charge in [-0.3, -0.25) is 0 Å². The van der Waals surface area contributed by atoms with Crippen LogP contribution in [-0.2, 0) is 6.54 Å². The molecule has 2 N–H and O–H groups in total. The van der Waals surface area contributed by atoms with Crippen molar-refractivity contribution in [3.8, 4) is 0 Å². The first-order chi connectivity index (χ1) is 8.06. The SMILES string of the molecule is FC(F)(F)CNC1CCNCc2ccccc21. The Morgan fingerprint density at radius 3 is 2.82 bits per heavy atom. The second-order valence-electron chi connectivity index (χ2n) is 4.21. The minimum absolute atomic E-state index is 0.220. The Labute approximate surface area is 98.2 Å². The summed E-state index contributed by atoms with van der Waals surface area (Å²) in [4.78, 5) is 0. The maximum atomic E-state index is 12.2. The topological polar surface area (TPSA) is 24.1 Å². The quantitative estimate of drug-likeness (QED) is 0.834. The van der Waals surface area contributed by atoms with Gasteiger partial charge in [-0.25, -0.2) is 0 Å². The average molecular weight is 244 g/mol. The van der Waals surface area contributed by atoms with E-state index in [1.165, 1.54) is 0 Å². The summed E-state index contributed by atoms with van der Waals surface area (Å²) in [6.45, 7) is 0.510. The van der Waals surface area contributed by atoms with Gasteiger partial charge in [0, 0.05) is 12.6 Å². The van der Waals surface area contributed by atoms with Crippen LogP contribution in [0.25, 0.3) is 0 Å². The number of alkyl halides is 3. The lowest BCUT2D eigenvalue weighted by Gasteiger charge is -2.19. The monoisotopic (exact) mass is 244 g/mol. The van der Waals surface area contributed by atoms with Crippen LogP contribution in [0.5, 0.6) is 0 Å². The highest BCUT2D eigenvalue weighted by Gasteiger charge is 2.29. The van der Waals surface area contributed by atoms with Crippen molar-refractivity contribution in [1.82, 2.24) is 10.6 Å². The first-order valence-corrected chi connectivity index (χ1v) is 5.65. The summed E-state index contributed by atoms with van der Waals surface area (Å²) in [5.41, 5.74) is 2.05. The molecule has 0 aliphatic carbocycles. The van der Waals surface area contributed by atoms with E-state index in [-0.39, 0.29) is 6.04 Å². The van der Waals surface area contributed by atoms with E-state index in [2.05, 4.69) is 10.6 Å². The van der Waals surface area contributed by atoms with E-state index in [1.54, 1.807) is 0 Å². The van der Waals surface area contributed by atoms with Gasteiger partial charge < -0.3 is 10.6 Å². The lowest BCUT2D eigenvalue weighted by Crippen LogP contribution is -2.32. The molecular formula is C12H15F3N2. The van der Waals surface area contributed by atoms with Crippen LogP contribution in [0.15, 0.2) is 24.3 Å². The van der Waals surface area contributed by atoms with E-state index in [0.29, 0.717) is 6.42 Å². The minimum atomic E-state index is -4.16. The highest BCUT2D eigenvalue weighted by atomic mass is 19.4. The smallest absolute Gasteiger partial charge is 0.313 e. The van der Waals surface area contributed by atoms with Gasteiger partial charge in [-0.15, -0.1) is 0 Å². The molecule has 0 aromatic heterocycles. The lowest BCUT2D eigenvalue weighted by atomic mass is 9.99. The molecule has 0 saturated carbocycles. The molecule has 0 radical (unpaired) electrons. The van der Waals surface area contributed by atoms with Crippen LogP contribution >= 0.6 is 0 Å². The van der Waals surface area contributed by atoms with Crippen molar-refractivity contribution < 1.29 is 13.2 Å². The molecule has 1 atom stereocenters. The predicted molar refractivity (Wildman–Crippen MR) is 59.6 cm³/mol. The summed E-state index contributed by atoms with van der Waals surface area (Å²) in [7, 11) is 0. The summed E-state index contributed by atoms with van der Waals surface area (Å²) < 4.78 is 36.6. The van der Waals surface area contributed by atoms with Gasteiger partial charge in [0.25, 0.3) is 0 Å². The molecule has 0 spiro atoms. The van der Waals surface area contributed by atoms with Crippen LogP contribution in [0.2, 0.25) is 0 Å². The van der Waals surface area contributed by atoms with E-state index in [1.807, 2.05) is 24.3 Å². The summed E-state index contributed by atoms with van der Waals surface area (Å²) >= 11 is 0. The fourth-order valence-corrected chi connectivity index (χ4v) is 2.11. The Morgan fingerprint density at radius 2 is 2.06 bits per heavy atom. The molecule has 0 saturated heterocycles. The Kier molecular flexibility index (Phi) is 3.69. The van der Waals surface area contributed by atoms with Crippen LogP contribution in [-0.4, -0.2) is 19.3 Å². The van der Waals surface area contributed by atoms with Gasteiger partial charge in [0.2, 0.25) is 0 Å². The molecular weight excluding hydrogens is 229 g/mol. The third-order valence-electron chi connectivity index (χ3n) is 2.90. The highest BCUT2D eigenvalue weighted by molar-refractivity contribution is 5.30. The zero-order valence-corrected chi connectivity index (χ0v) is 9.35. The molecule has 0 fully saturated rings. The fourth-order valence-electron chi connectivity index (χ4n) is 2.11. The second kappa shape index (κ2) is 5.06. The minimum Gasteiger partial charge on any atom is -0.313 e. The van der Waals surface area contributed by atoms with Crippen LogP contribution < -0.4 is 10.6 Å². The van der Waals surface area contributed by atoms with Crippen LogP contribution in [0.3, 0.4) is 0 Å². The standard InChI is InChI=1S/C12H15F3N2/c13-12(14,15)8-17-11-5-6-16-7-9-3-1-2-4-10(9)11/h1-4,11,16-17H,5-8H2. The third kappa shape index (κ3) is 3.44. The molecule has 94 valence electrons. The summed E-state index contributed by atoms with van der Waals surface area (Å²) in [6, 6.07) is 7.41. The van der Waals surface area contributed by atoms with Gasteiger partial charge in [-0.2, -0.15) is 13.2 Å². The molecule has 0 amide bonds. The molecule has 1 aliphatic heterocycles. The van der Waals surface area contributed by atoms with E-state index in [0.717, 1.165) is 24.2 Å². The number of nitrogens with one attached hydrogen (secondary N) is 2. The third-order valence-corrected chi connectivity index (χ3v) is 2.90. The van der Waals surface area contributed by atoms with Gasteiger partial charge in [-0.1, -0.05) is 24.3 Å². The normalized spacial score (nSPS) is 20.8. The van der Waals surface area contributed by atoms with E-state index < -0.39 is 12.7 Å². The van der Waals surface area contributed by atoms with Crippen molar-refractivity contribution in [2.75, 3.05) is 13.1 Å². The number of hydrogen-bond acceptors (Lipinski definition) is 2. The van der Waals surface area contributed by atoms with Crippen molar-refractivity contribution in [2.24, 2.45) is 0 Å². The lowest BCUT2D eigenvalue weighted by molar-refractivity contribution is -0.126. The molecule has 1 aromatic rings. The molecule has 1 unspecified atom stereocenters. The zero-order valence-electron chi connectivity index (χ0n) is 9.35. The first kappa shape index (κ1) is 12.4. The molecule has 1 aromatic carbocycles. The molecule has 0 bridgehead atoms. The van der Waals surface area contributed by atoms with Crippen molar-refractivity contribution in [2.45, 2.75) is 25.2 Å². The predicted octanol–water partition coefficient (Wildman–Crippen LogP) is 2.37. The largest absolute Gasteiger partial charge is 0.401 e. The highest BCUT2D eigenvalue weighted by Crippen LogP contribution is 2.24. The van der Waals surface area contributed by atoms with Gasteiger partial charge >= 0.3 is 6.18 Å². The van der Waals surface area contributed by atoms with Crippen LogP contribution in [0, 0.1) is 0 Å². The number of fused-ring (bicyclic) bond motifs is 1. The van der Waals surface area contributed by atoms with Crippen LogP contribution in [0.4, 0.5) is 13.2 Å². The Morgan fingerprint density at radius 1 is 1.29 bits per heavy atom. The van der Waals surface area contributed by atoms with Gasteiger partial charge in [0.1, 0.15) is 0 Å². The maximum absolute atomic E-state index is 12.2. The van der Waals surface area contributed by atoms with Crippen molar-refractivity contribution >= 4 is 0 Å². The molecule has 1 aliphatic rings. The molecule has 2 nitrogen and oxygen atoms in total. The summed E-state index contributed by atoms with van der Waals surface area (Å²) in [6.07, 6.45) is -3.48. The van der Waals surface area contributed by atoms with Crippen molar-refractivity contribution in [3.63, 3.8) is 0 Å². The van der Waals surface area contributed by atoms with E-state index >= 15 is 0 Å². The maximum Gasteiger partial charge on any atom is 0.401 e. The number of benzene rings is 1. The van der Waals surface area contributed by atoms with Crippen molar-refractivity contribution in [3.05, 3.63) is 35.4 Å². The zero-order chi connectivity index (χ0) is 12.3. The number of rotatable bonds is 2.